The number of oxime groups is 1. The fourth-order valence-corrected chi connectivity index (χ4v) is 1.70. The highest BCUT2D eigenvalue weighted by Gasteiger charge is 2.21. The van der Waals surface area contributed by atoms with Gasteiger partial charge in [-0.15, -0.1) is 11.6 Å². The monoisotopic (exact) mass is 245 g/mol. The Morgan fingerprint density at radius 1 is 1.50 bits per heavy atom. The standard InChI is InChI=1S/C11H10ClF2NO/c12-6-9-5-10(15-16-9)7-2-1-3-8(4-7)11(13)14/h1-4,9,11H,5-6H2. The van der Waals surface area contributed by atoms with Gasteiger partial charge in [0.2, 0.25) is 0 Å². The summed E-state index contributed by atoms with van der Waals surface area (Å²) in [5.74, 6) is 0.349. The zero-order chi connectivity index (χ0) is 11.5. The van der Waals surface area contributed by atoms with Crippen molar-refractivity contribution in [3.63, 3.8) is 0 Å². The Labute approximate surface area is 96.8 Å². The second-order valence-electron chi connectivity index (χ2n) is 3.55. The van der Waals surface area contributed by atoms with Gasteiger partial charge in [0.1, 0.15) is 6.10 Å². The Morgan fingerprint density at radius 2 is 2.31 bits per heavy atom. The molecule has 1 atom stereocenters. The maximum absolute atomic E-state index is 12.5. The first-order valence-corrected chi connectivity index (χ1v) is 5.41. The van der Waals surface area contributed by atoms with Crippen LogP contribution in [0, 0.1) is 0 Å². The predicted octanol–water partition coefficient (Wildman–Crippen LogP) is 3.36. The lowest BCUT2D eigenvalue weighted by Crippen LogP contribution is -2.09. The van der Waals surface area contributed by atoms with Crippen molar-refractivity contribution in [3.8, 4) is 0 Å². The number of benzene rings is 1. The molecule has 2 nitrogen and oxygen atoms in total. The smallest absolute Gasteiger partial charge is 0.263 e. The van der Waals surface area contributed by atoms with Gasteiger partial charge in [-0.25, -0.2) is 8.78 Å². The molecule has 0 bridgehead atoms. The van der Waals surface area contributed by atoms with Gasteiger partial charge >= 0.3 is 0 Å². The number of nitrogens with zero attached hydrogens (tertiary/aromatic N) is 1. The molecule has 0 aromatic heterocycles. The second kappa shape index (κ2) is 4.78. The maximum Gasteiger partial charge on any atom is 0.263 e. The first-order valence-electron chi connectivity index (χ1n) is 4.88. The summed E-state index contributed by atoms with van der Waals surface area (Å²) in [5.41, 5.74) is 1.34. The number of hydrogen-bond acceptors (Lipinski definition) is 2. The third-order valence-corrected chi connectivity index (χ3v) is 2.72. The molecule has 0 spiro atoms. The molecule has 0 saturated carbocycles. The van der Waals surface area contributed by atoms with Crippen molar-refractivity contribution in [3.05, 3.63) is 35.4 Å². The molecule has 0 amide bonds. The summed E-state index contributed by atoms with van der Waals surface area (Å²) in [6.45, 7) is 0. The van der Waals surface area contributed by atoms with E-state index in [1.807, 2.05) is 0 Å². The minimum Gasteiger partial charge on any atom is -0.391 e. The largest absolute Gasteiger partial charge is 0.391 e. The summed E-state index contributed by atoms with van der Waals surface area (Å²) in [4.78, 5) is 5.04. The van der Waals surface area contributed by atoms with E-state index in [0.717, 1.165) is 0 Å². The molecule has 1 aliphatic heterocycles. The van der Waals surface area contributed by atoms with Gasteiger partial charge in [0.15, 0.2) is 0 Å². The van der Waals surface area contributed by atoms with E-state index in [9.17, 15) is 8.78 Å². The third-order valence-electron chi connectivity index (χ3n) is 2.38. The van der Waals surface area contributed by atoms with Crippen molar-refractivity contribution in [1.29, 1.82) is 0 Å². The number of hydrogen-bond donors (Lipinski definition) is 0. The molecule has 1 aromatic carbocycles. The second-order valence-corrected chi connectivity index (χ2v) is 3.86. The van der Waals surface area contributed by atoms with Gasteiger partial charge in [-0.05, 0) is 11.6 Å². The van der Waals surface area contributed by atoms with Crippen LogP contribution in [0.3, 0.4) is 0 Å². The van der Waals surface area contributed by atoms with Crippen LogP contribution in [-0.4, -0.2) is 17.7 Å². The van der Waals surface area contributed by atoms with Gasteiger partial charge in [-0.2, -0.15) is 0 Å². The van der Waals surface area contributed by atoms with Gasteiger partial charge in [-0.1, -0.05) is 23.4 Å². The number of rotatable bonds is 3. The summed E-state index contributed by atoms with van der Waals surface area (Å²) in [5, 5.41) is 3.85. The Hall–Kier alpha value is -1.16. The van der Waals surface area contributed by atoms with E-state index in [4.69, 9.17) is 16.4 Å². The van der Waals surface area contributed by atoms with Crippen LogP contribution >= 0.6 is 11.6 Å². The topological polar surface area (TPSA) is 21.6 Å². The van der Waals surface area contributed by atoms with Crippen LogP contribution in [0.2, 0.25) is 0 Å². The zero-order valence-corrected chi connectivity index (χ0v) is 9.12. The first-order chi connectivity index (χ1) is 7.70. The molecule has 0 fully saturated rings. The van der Waals surface area contributed by atoms with Crippen LogP contribution in [0.25, 0.3) is 0 Å². The fraction of sp³-hybridized carbons (Fsp3) is 0.364. The van der Waals surface area contributed by atoms with Crippen LogP contribution in [0.4, 0.5) is 8.78 Å². The maximum atomic E-state index is 12.5. The molecule has 0 N–H and O–H groups in total. The van der Waals surface area contributed by atoms with E-state index >= 15 is 0 Å². The minimum absolute atomic E-state index is 0.00507. The van der Waals surface area contributed by atoms with E-state index in [-0.39, 0.29) is 11.7 Å². The molecule has 1 aliphatic rings. The molecule has 1 heterocycles. The summed E-state index contributed by atoms with van der Waals surface area (Å²) in [6.07, 6.45) is -2.05. The molecule has 1 unspecified atom stereocenters. The van der Waals surface area contributed by atoms with Crippen molar-refractivity contribution in [1.82, 2.24) is 0 Å². The predicted molar refractivity (Wildman–Crippen MR) is 58.1 cm³/mol. The third kappa shape index (κ3) is 2.32. The summed E-state index contributed by atoms with van der Waals surface area (Å²) >= 11 is 5.62. The van der Waals surface area contributed by atoms with Crippen molar-refractivity contribution >= 4 is 17.3 Å². The highest BCUT2D eigenvalue weighted by molar-refractivity contribution is 6.18. The van der Waals surface area contributed by atoms with Crippen LogP contribution in [0.15, 0.2) is 29.4 Å². The molecule has 0 saturated heterocycles. The highest BCUT2D eigenvalue weighted by Crippen LogP contribution is 2.23. The molecule has 86 valence electrons. The zero-order valence-electron chi connectivity index (χ0n) is 8.37. The minimum atomic E-state index is -2.47. The molecule has 5 heteroatoms. The van der Waals surface area contributed by atoms with Gasteiger partial charge in [-0.3, -0.25) is 0 Å². The SMILES string of the molecule is FC(F)c1cccc(C2=NOC(CCl)C2)c1. The molecule has 0 aliphatic carbocycles. The molecular weight excluding hydrogens is 236 g/mol. The Kier molecular flexibility index (Phi) is 3.39. The summed E-state index contributed by atoms with van der Waals surface area (Å²) in [7, 11) is 0. The highest BCUT2D eigenvalue weighted by atomic mass is 35.5. The van der Waals surface area contributed by atoms with Crippen molar-refractivity contribution in [2.75, 3.05) is 5.88 Å². The van der Waals surface area contributed by atoms with E-state index in [2.05, 4.69) is 5.16 Å². The average Bonchev–Trinajstić information content (AvgIpc) is 2.77. The van der Waals surface area contributed by atoms with E-state index in [1.165, 1.54) is 12.1 Å². The average molecular weight is 246 g/mol. The molecule has 2 rings (SSSR count). The molecule has 16 heavy (non-hydrogen) atoms. The fourth-order valence-electron chi connectivity index (χ4n) is 1.54. The lowest BCUT2D eigenvalue weighted by molar-refractivity contribution is 0.102. The van der Waals surface area contributed by atoms with Crippen molar-refractivity contribution in [2.45, 2.75) is 19.0 Å². The van der Waals surface area contributed by atoms with Gasteiger partial charge in [0, 0.05) is 12.0 Å². The van der Waals surface area contributed by atoms with Gasteiger partial charge in [0.05, 0.1) is 11.6 Å². The summed E-state index contributed by atoms with van der Waals surface area (Å²) in [6, 6.07) is 6.16. The lowest BCUT2D eigenvalue weighted by Gasteiger charge is -2.03. The summed E-state index contributed by atoms with van der Waals surface area (Å²) < 4.78 is 25.0. The lowest BCUT2D eigenvalue weighted by atomic mass is 10.0. The van der Waals surface area contributed by atoms with E-state index < -0.39 is 6.43 Å². The van der Waals surface area contributed by atoms with E-state index in [0.29, 0.717) is 23.6 Å². The quantitative estimate of drug-likeness (QED) is 0.749. The van der Waals surface area contributed by atoms with Crippen LogP contribution in [0.5, 0.6) is 0 Å². The number of alkyl halides is 3. The molecule has 1 aromatic rings. The van der Waals surface area contributed by atoms with Crippen LogP contribution in [-0.2, 0) is 4.84 Å². The molecule has 0 radical (unpaired) electrons. The van der Waals surface area contributed by atoms with Gasteiger partial charge < -0.3 is 4.84 Å². The van der Waals surface area contributed by atoms with Crippen LogP contribution < -0.4 is 0 Å². The van der Waals surface area contributed by atoms with Gasteiger partial charge in [0.25, 0.3) is 6.43 Å². The normalized spacial score (nSPS) is 19.8. The van der Waals surface area contributed by atoms with Crippen LogP contribution in [0.1, 0.15) is 24.0 Å². The van der Waals surface area contributed by atoms with Crippen molar-refractivity contribution in [2.24, 2.45) is 5.16 Å². The van der Waals surface area contributed by atoms with E-state index in [1.54, 1.807) is 12.1 Å². The first kappa shape index (κ1) is 11.3. The Morgan fingerprint density at radius 3 is 2.94 bits per heavy atom. The number of halogens is 3. The Balaban J connectivity index is 2.19. The Bertz CT molecular complexity index is 409. The molecular formula is C11H10ClF2NO. The van der Waals surface area contributed by atoms with Crippen molar-refractivity contribution < 1.29 is 13.6 Å².